The SMILES string of the molecule is CCOc1cc(C=c2sc3n(c2=O)C(c2ccccc2Cl)C(C(=O)OC(C)C)=C(C)N=3)cc(Cl)c1O. The summed E-state index contributed by atoms with van der Waals surface area (Å²) >= 11 is 13.9. The largest absolute Gasteiger partial charge is 0.503 e. The molecule has 1 atom stereocenters. The zero-order valence-corrected chi connectivity index (χ0v) is 22.4. The van der Waals surface area contributed by atoms with Crippen molar-refractivity contribution in [1.82, 2.24) is 4.57 Å². The number of esters is 1. The van der Waals surface area contributed by atoms with Crippen LogP contribution < -0.4 is 19.6 Å². The smallest absolute Gasteiger partial charge is 0.338 e. The van der Waals surface area contributed by atoms with Gasteiger partial charge >= 0.3 is 5.97 Å². The Balaban J connectivity index is 1.95. The first-order valence-electron chi connectivity index (χ1n) is 11.3. The minimum absolute atomic E-state index is 0.100. The predicted octanol–water partition coefficient (Wildman–Crippen LogP) is 4.60. The van der Waals surface area contributed by atoms with E-state index in [2.05, 4.69) is 4.99 Å². The maximum atomic E-state index is 13.7. The van der Waals surface area contributed by atoms with Crippen molar-refractivity contribution in [2.24, 2.45) is 4.99 Å². The first kappa shape index (κ1) is 26.0. The third-order valence-electron chi connectivity index (χ3n) is 5.43. The Morgan fingerprint density at radius 2 is 1.97 bits per heavy atom. The quantitative estimate of drug-likeness (QED) is 0.456. The van der Waals surface area contributed by atoms with Gasteiger partial charge in [0.1, 0.15) is 6.04 Å². The molecule has 0 saturated carbocycles. The number of thiazole rings is 1. The van der Waals surface area contributed by atoms with Gasteiger partial charge in [0.05, 0.1) is 33.5 Å². The second kappa shape index (κ2) is 10.5. The summed E-state index contributed by atoms with van der Waals surface area (Å²) in [5.74, 6) is -0.510. The molecule has 3 aromatic rings. The van der Waals surface area contributed by atoms with Gasteiger partial charge in [0.25, 0.3) is 5.56 Å². The lowest BCUT2D eigenvalue weighted by Gasteiger charge is -2.26. The Morgan fingerprint density at radius 3 is 2.64 bits per heavy atom. The fourth-order valence-corrected chi connectivity index (χ4v) is 5.45. The van der Waals surface area contributed by atoms with Crippen LogP contribution in [-0.2, 0) is 9.53 Å². The van der Waals surface area contributed by atoms with Crippen LogP contribution in [0, 0.1) is 0 Å². The first-order chi connectivity index (χ1) is 17.1. The molecule has 1 aromatic heterocycles. The number of phenolic OH excluding ortho intramolecular Hbond substituents is 1. The second-order valence-electron chi connectivity index (χ2n) is 8.34. The van der Waals surface area contributed by atoms with Crippen LogP contribution in [0.2, 0.25) is 10.0 Å². The van der Waals surface area contributed by atoms with E-state index in [1.165, 1.54) is 15.9 Å². The summed E-state index contributed by atoms with van der Waals surface area (Å²) in [6, 6.07) is 9.39. The van der Waals surface area contributed by atoms with E-state index in [0.717, 1.165) is 0 Å². The fourth-order valence-electron chi connectivity index (χ4n) is 3.95. The van der Waals surface area contributed by atoms with E-state index in [9.17, 15) is 14.7 Å². The van der Waals surface area contributed by atoms with Gasteiger partial charge in [-0.3, -0.25) is 9.36 Å². The Kier molecular flexibility index (Phi) is 7.59. The molecule has 1 unspecified atom stereocenters. The van der Waals surface area contributed by atoms with Gasteiger partial charge in [-0.2, -0.15) is 0 Å². The number of fused-ring (bicyclic) bond motifs is 1. The molecule has 0 amide bonds. The number of aromatic hydroxyl groups is 1. The van der Waals surface area contributed by atoms with Crippen LogP contribution in [0.1, 0.15) is 44.9 Å². The Labute approximate surface area is 221 Å². The molecule has 7 nitrogen and oxygen atoms in total. The second-order valence-corrected chi connectivity index (χ2v) is 10.2. The number of nitrogens with zero attached hydrogens (tertiary/aromatic N) is 2. The van der Waals surface area contributed by atoms with E-state index >= 15 is 0 Å². The fraction of sp³-hybridized carbons (Fsp3) is 0.269. The Bertz CT molecular complexity index is 1560. The van der Waals surface area contributed by atoms with Crippen LogP contribution in [0.5, 0.6) is 11.5 Å². The number of carbonyl (C=O) groups excluding carboxylic acids is 1. The molecule has 0 radical (unpaired) electrons. The van der Waals surface area contributed by atoms with Crippen molar-refractivity contribution >= 4 is 46.6 Å². The van der Waals surface area contributed by atoms with Gasteiger partial charge in [0.2, 0.25) is 0 Å². The van der Waals surface area contributed by atoms with Crippen molar-refractivity contribution in [2.75, 3.05) is 6.61 Å². The minimum Gasteiger partial charge on any atom is -0.503 e. The Morgan fingerprint density at radius 1 is 1.25 bits per heavy atom. The standard InChI is InChI=1S/C26H24Cl2N2O5S/c1-5-34-19-11-15(10-18(28)23(19)31)12-20-24(32)30-22(16-8-6-7-9-17(16)27)21(25(33)35-13(2)3)14(4)29-26(30)36-20/h6-13,22,31H,5H2,1-4H3. The van der Waals surface area contributed by atoms with Gasteiger partial charge in [0.15, 0.2) is 16.3 Å². The number of hydrogen-bond acceptors (Lipinski definition) is 7. The van der Waals surface area contributed by atoms with Crippen LogP contribution >= 0.6 is 34.5 Å². The zero-order valence-electron chi connectivity index (χ0n) is 20.0. The molecule has 0 bridgehead atoms. The molecule has 0 fully saturated rings. The predicted molar refractivity (Wildman–Crippen MR) is 141 cm³/mol. The summed E-state index contributed by atoms with van der Waals surface area (Å²) in [4.78, 5) is 31.9. The molecule has 1 N–H and O–H groups in total. The lowest BCUT2D eigenvalue weighted by atomic mass is 9.96. The van der Waals surface area contributed by atoms with Crippen molar-refractivity contribution in [3.05, 3.63) is 88.5 Å². The van der Waals surface area contributed by atoms with Crippen molar-refractivity contribution in [3.63, 3.8) is 0 Å². The van der Waals surface area contributed by atoms with Crippen molar-refractivity contribution < 1.29 is 19.4 Å². The number of halogens is 2. The maximum Gasteiger partial charge on any atom is 0.338 e. The summed E-state index contributed by atoms with van der Waals surface area (Å²) in [6.07, 6.45) is 1.29. The molecule has 2 aromatic carbocycles. The molecule has 10 heteroatoms. The molecular weight excluding hydrogens is 523 g/mol. The highest BCUT2D eigenvalue weighted by molar-refractivity contribution is 7.07. The number of allylic oxidation sites excluding steroid dienone is 1. The van der Waals surface area contributed by atoms with Crippen molar-refractivity contribution in [3.8, 4) is 11.5 Å². The molecule has 0 saturated heterocycles. The average molecular weight is 547 g/mol. The number of rotatable bonds is 6. The minimum atomic E-state index is -0.814. The zero-order chi connectivity index (χ0) is 26.1. The normalized spacial score (nSPS) is 15.6. The summed E-state index contributed by atoms with van der Waals surface area (Å²) in [5, 5.41) is 10.7. The van der Waals surface area contributed by atoms with Crippen LogP contribution in [0.25, 0.3) is 6.08 Å². The van der Waals surface area contributed by atoms with E-state index in [-0.39, 0.29) is 33.8 Å². The molecule has 0 spiro atoms. The Hall–Kier alpha value is -3.07. The molecule has 36 heavy (non-hydrogen) atoms. The monoisotopic (exact) mass is 546 g/mol. The first-order valence-corrected chi connectivity index (χ1v) is 12.8. The summed E-state index contributed by atoms with van der Waals surface area (Å²) in [5.41, 5.74) is 1.50. The highest BCUT2D eigenvalue weighted by Crippen LogP contribution is 2.36. The molecular formula is C26H24Cl2N2O5S. The van der Waals surface area contributed by atoms with Crippen molar-refractivity contribution in [1.29, 1.82) is 0 Å². The number of carbonyl (C=O) groups is 1. The molecule has 0 aliphatic carbocycles. The van der Waals surface area contributed by atoms with E-state index in [0.29, 0.717) is 37.8 Å². The molecule has 4 rings (SSSR count). The van der Waals surface area contributed by atoms with Gasteiger partial charge in [-0.25, -0.2) is 9.79 Å². The van der Waals surface area contributed by atoms with Gasteiger partial charge in [-0.05, 0) is 63.1 Å². The van der Waals surface area contributed by atoms with Gasteiger partial charge < -0.3 is 14.6 Å². The van der Waals surface area contributed by atoms with E-state index < -0.39 is 12.0 Å². The number of aromatic nitrogens is 1. The topological polar surface area (TPSA) is 90.1 Å². The summed E-state index contributed by atoms with van der Waals surface area (Å²) < 4.78 is 12.8. The number of hydrogen-bond donors (Lipinski definition) is 1. The average Bonchev–Trinajstić information content (AvgIpc) is 3.10. The lowest BCUT2D eigenvalue weighted by Crippen LogP contribution is -2.40. The summed E-state index contributed by atoms with van der Waals surface area (Å²) in [6.45, 7) is 7.35. The molecule has 2 heterocycles. The number of ether oxygens (including phenoxy) is 2. The molecule has 1 aliphatic rings. The summed E-state index contributed by atoms with van der Waals surface area (Å²) in [7, 11) is 0. The van der Waals surface area contributed by atoms with E-state index in [4.69, 9.17) is 32.7 Å². The van der Waals surface area contributed by atoms with E-state index in [1.54, 1.807) is 70.2 Å². The maximum absolute atomic E-state index is 13.7. The number of phenols is 1. The third-order valence-corrected chi connectivity index (χ3v) is 7.05. The molecule has 188 valence electrons. The highest BCUT2D eigenvalue weighted by atomic mass is 35.5. The third kappa shape index (κ3) is 4.93. The van der Waals surface area contributed by atoms with Gasteiger partial charge in [0, 0.05) is 5.02 Å². The number of benzene rings is 2. The van der Waals surface area contributed by atoms with Crippen LogP contribution in [-0.4, -0.2) is 28.4 Å². The van der Waals surface area contributed by atoms with Crippen LogP contribution in [0.4, 0.5) is 0 Å². The highest BCUT2D eigenvalue weighted by Gasteiger charge is 2.34. The van der Waals surface area contributed by atoms with Gasteiger partial charge in [-0.15, -0.1) is 0 Å². The van der Waals surface area contributed by atoms with Crippen LogP contribution in [0.3, 0.4) is 0 Å². The van der Waals surface area contributed by atoms with Crippen LogP contribution in [0.15, 0.2) is 57.5 Å². The van der Waals surface area contributed by atoms with Gasteiger partial charge in [-0.1, -0.05) is 52.7 Å². The lowest BCUT2D eigenvalue weighted by molar-refractivity contribution is -0.143. The molecule has 1 aliphatic heterocycles. The van der Waals surface area contributed by atoms with Crippen molar-refractivity contribution in [2.45, 2.75) is 39.8 Å². The van der Waals surface area contributed by atoms with E-state index in [1.807, 2.05) is 0 Å².